The maximum Gasteiger partial charge on any atom is 0.424 e. The molecule has 6 nitrogen and oxygen atoms in total. The van der Waals surface area contributed by atoms with Gasteiger partial charge in [-0.15, -0.1) is 0 Å². The summed E-state index contributed by atoms with van der Waals surface area (Å²) in [4.78, 5) is 24.4. The maximum absolute atomic E-state index is 12.7. The van der Waals surface area contributed by atoms with Crippen LogP contribution in [0.1, 0.15) is 13.8 Å². The minimum atomic E-state index is -5.08. The lowest BCUT2D eigenvalue weighted by Crippen LogP contribution is -2.30. The zero-order valence-corrected chi connectivity index (χ0v) is 10.2. The van der Waals surface area contributed by atoms with Crippen molar-refractivity contribution in [3.05, 3.63) is 17.2 Å². The fourth-order valence-electron chi connectivity index (χ4n) is 0.990. The van der Waals surface area contributed by atoms with Crippen LogP contribution < -0.4 is 0 Å². The van der Waals surface area contributed by atoms with E-state index in [0.29, 0.717) is 0 Å². The highest BCUT2D eigenvalue weighted by Gasteiger charge is 2.46. The fourth-order valence-corrected chi connectivity index (χ4v) is 0.990. The Morgan fingerprint density at radius 3 is 2.11 bits per heavy atom. The van der Waals surface area contributed by atoms with Crippen molar-refractivity contribution in [3.8, 4) is 0 Å². The number of carbonyl (C=O) groups is 2. The zero-order chi connectivity index (χ0) is 15.1. The van der Waals surface area contributed by atoms with Crippen molar-refractivity contribution in [2.24, 2.45) is 0 Å². The monoisotopic (exact) mass is 280 g/mol. The summed E-state index contributed by atoms with van der Waals surface area (Å²) in [6.07, 6.45) is -5.06. The third kappa shape index (κ3) is 5.35. The summed E-state index contributed by atoms with van der Waals surface area (Å²) in [5, 5.41) is 0. The fraction of sp³-hybridized carbons (Fsp3) is 0.500. The van der Waals surface area contributed by atoms with Crippen molar-refractivity contribution < 1.29 is 37.0 Å². The van der Waals surface area contributed by atoms with E-state index in [4.69, 9.17) is 5.53 Å². The number of ether oxygens (including phenoxy) is 2. The van der Waals surface area contributed by atoms with E-state index in [9.17, 15) is 22.8 Å². The van der Waals surface area contributed by atoms with E-state index >= 15 is 0 Å². The second kappa shape index (κ2) is 7.32. The quantitative estimate of drug-likeness (QED) is 0.249. The minimum Gasteiger partial charge on any atom is -0.463 e. The van der Waals surface area contributed by atoms with Crippen LogP contribution >= 0.6 is 0 Å². The molecule has 0 bridgehead atoms. The van der Waals surface area contributed by atoms with E-state index in [1.165, 1.54) is 13.8 Å². The van der Waals surface area contributed by atoms with Gasteiger partial charge in [-0.05, 0) is 13.8 Å². The van der Waals surface area contributed by atoms with Crippen LogP contribution in [0.2, 0.25) is 0 Å². The standard InChI is InChI=1S/C10H11F3N2O4/c1-3-18-7(16)5-6(10(11,12)13)8(15-14)9(17)19-4-2/h5H,3-4H2,1-2H3/b6-5+. The lowest BCUT2D eigenvalue weighted by molar-refractivity contribution is -0.142. The zero-order valence-electron chi connectivity index (χ0n) is 10.2. The molecular weight excluding hydrogens is 269 g/mol. The molecule has 0 saturated carbocycles. The molecule has 0 fully saturated rings. The first-order valence-corrected chi connectivity index (χ1v) is 5.13. The molecule has 9 heteroatoms. The summed E-state index contributed by atoms with van der Waals surface area (Å²) in [6, 6.07) is 0. The summed E-state index contributed by atoms with van der Waals surface area (Å²) in [7, 11) is 0. The summed E-state index contributed by atoms with van der Waals surface area (Å²) in [5.41, 5.74) is 5.34. The Hall–Kier alpha value is -2.15. The Labute approximate surface area is 106 Å². The second-order valence-corrected chi connectivity index (χ2v) is 2.98. The van der Waals surface area contributed by atoms with Crippen LogP contribution in [0.3, 0.4) is 0 Å². The lowest BCUT2D eigenvalue weighted by Gasteiger charge is -2.07. The van der Waals surface area contributed by atoms with E-state index < -0.39 is 29.4 Å². The Morgan fingerprint density at radius 1 is 1.21 bits per heavy atom. The molecule has 0 amide bonds. The molecular formula is C10H11F3N2O4. The van der Waals surface area contributed by atoms with Gasteiger partial charge >= 0.3 is 23.8 Å². The predicted octanol–water partition coefficient (Wildman–Crippen LogP) is 1.27. The van der Waals surface area contributed by atoms with Crippen molar-refractivity contribution in [1.82, 2.24) is 0 Å². The SMILES string of the molecule is CCOC(=O)/C=C(\C(=[N+]=[N-])C(=O)OCC)C(F)(F)F. The molecule has 0 aliphatic carbocycles. The van der Waals surface area contributed by atoms with Gasteiger partial charge in [-0.3, -0.25) is 0 Å². The lowest BCUT2D eigenvalue weighted by atomic mass is 10.1. The number of nitrogens with zero attached hydrogens (tertiary/aromatic N) is 2. The van der Waals surface area contributed by atoms with Crippen molar-refractivity contribution >= 4 is 17.7 Å². The summed E-state index contributed by atoms with van der Waals surface area (Å²) in [6.45, 7) is 2.38. The molecule has 0 rings (SSSR count). The van der Waals surface area contributed by atoms with E-state index in [-0.39, 0.29) is 19.3 Å². The largest absolute Gasteiger partial charge is 0.463 e. The average Bonchev–Trinajstić information content (AvgIpc) is 2.28. The number of hydrogen-bond donors (Lipinski definition) is 0. The van der Waals surface area contributed by atoms with Crippen molar-refractivity contribution in [2.75, 3.05) is 13.2 Å². The van der Waals surface area contributed by atoms with Gasteiger partial charge in [0, 0.05) is 6.08 Å². The van der Waals surface area contributed by atoms with Gasteiger partial charge in [0.05, 0.1) is 13.2 Å². The molecule has 0 aliphatic rings. The Kier molecular flexibility index (Phi) is 6.49. The maximum atomic E-state index is 12.7. The summed E-state index contributed by atoms with van der Waals surface area (Å²) >= 11 is 0. The molecule has 0 aromatic heterocycles. The smallest absolute Gasteiger partial charge is 0.424 e. The van der Waals surface area contributed by atoms with E-state index in [2.05, 4.69) is 14.3 Å². The first kappa shape index (κ1) is 16.9. The van der Waals surface area contributed by atoms with Crippen LogP contribution in [0.4, 0.5) is 13.2 Å². The van der Waals surface area contributed by atoms with E-state index in [1.54, 1.807) is 0 Å². The van der Waals surface area contributed by atoms with Gasteiger partial charge in [-0.2, -0.15) is 18.0 Å². The number of hydrogen-bond acceptors (Lipinski definition) is 4. The summed E-state index contributed by atoms with van der Waals surface area (Å²) in [5.74, 6) is -2.82. The molecule has 106 valence electrons. The highest BCUT2D eigenvalue weighted by molar-refractivity contribution is 6.41. The van der Waals surface area contributed by atoms with Gasteiger partial charge in [0.15, 0.2) is 5.57 Å². The van der Waals surface area contributed by atoms with Gasteiger partial charge in [0.2, 0.25) is 0 Å². The highest BCUT2D eigenvalue weighted by Crippen LogP contribution is 2.26. The molecule has 19 heavy (non-hydrogen) atoms. The minimum absolute atomic E-state index is 0.0233. The predicted molar refractivity (Wildman–Crippen MR) is 56.0 cm³/mol. The second-order valence-electron chi connectivity index (χ2n) is 2.98. The van der Waals surface area contributed by atoms with Gasteiger partial charge in [-0.25, -0.2) is 9.59 Å². The number of carbonyl (C=O) groups excluding carboxylic acids is 2. The Bertz CT molecular complexity index is 437. The van der Waals surface area contributed by atoms with Gasteiger partial charge in [0.1, 0.15) is 0 Å². The average molecular weight is 280 g/mol. The normalized spacial score (nSPS) is 11.5. The number of halogens is 3. The van der Waals surface area contributed by atoms with Crippen LogP contribution in [-0.2, 0) is 19.1 Å². The Balaban J connectivity index is 5.55. The van der Waals surface area contributed by atoms with Crippen molar-refractivity contribution in [3.63, 3.8) is 0 Å². The van der Waals surface area contributed by atoms with E-state index in [0.717, 1.165) is 0 Å². The van der Waals surface area contributed by atoms with Crippen molar-refractivity contribution in [1.29, 1.82) is 0 Å². The molecule has 0 heterocycles. The molecule has 0 N–H and O–H groups in total. The number of esters is 2. The van der Waals surface area contributed by atoms with Crippen LogP contribution in [0.5, 0.6) is 0 Å². The molecule has 0 aliphatic heterocycles. The molecule has 0 aromatic carbocycles. The van der Waals surface area contributed by atoms with Crippen molar-refractivity contribution in [2.45, 2.75) is 20.0 Å². The van der Waals surface area contributed by atoms with Gasteiger partial charge in [-0.1, -0.05) is 0 Å². The van der Waals surface area contributed by atoms with E-state index in [1.807, 2.05) is 0 Å². The molecule has 0 radical (unpaired) electrons. The molecule has 0 unspecified atom stereocenters. The first-order chi connectivity index (χ1) is 8.77. The first-order valence-electron chi connectivity index (χ1n) is 5.13. The van der Waals surface area contributed by atoms with Gasteiger partial charge < -0.3 is 15.0 Å². The third-order valence-corrected chi connectivity index (χ3v) is 1.68. The molecule has 0 spiro atoms. The van der Waals surface area contributed by atoms with Crippen LogP contribution in [0.25, 0.3) is 5.53 Å². The van der Waals surface area contributed by atoms with Gasteiger partial charge in [0.25, 0.3) is 0 Å². The number of alkyl halides is 3. The summed E-state index contributed by atoms with van der Waals surface area (Å²) < 4.78 is 46.6. The van der Waals surface area contributed by atoms with Crippen LogP contribution in [0.15, 0.2) is 11.6 Å². The molecule has 0 aromatic rings. The molecule has 0 atom stereocenters. The Morgan fingerprint density at radius 2 is 1.74 bits per heavy atom. The van der Waals surface area contributed by atoms with Crippen LogP contribution in [0, 0.1) is 0 Å². The van der Waals surface area contributed by atoms with Crippen LogP contribution in [-0.4, -0.2) is 41.8 Å². The molecule has 0 saturated heterocycles. The number of rotatable bonds is 5. The highest BCUT2D eigenvalue weighted by atomic mass is 19.4. The third-order valence-electron chi connectivity index (χ3n) is 1.68. The topological polar surface area (TPSA) is 89.0 Å².